The molecule has 0 aliphatic rings. The van der Waals surface area contributed by atoms with Crippen molar-refractivity contribution in [3.05, 3.63) is 65.0 Å². The summed E-state index contributed by atoms with van der Waals surface area (Å²) in [7, 11) is 0. The summed E-state index contributed by atoms with van der Waals surface area (Å²) >= 11 is 15.5. The Morgan fingerprint density at radius 2 is 1.90 bits per heavy atom. The van der Waals surface area contributed by atoms with E-state index in [-0.39, 0.29) is 12.5 Å². The van der Waals surface area contributed by atoms with E-state index in [2.05, 4.69) is 31.7 Å². The number of hydrogen-bond acceptors (Lipinski definition) is 2. The molecule has 1 aromatic carbocycles. The standard InChI is InChI=1S/C16H12BrCl2NO/c17-7-6-12-8-20-9-13(10-21)14(12)15(16(18)19)11-4-2-1-3-5-11/h1-5,8-9,15-16,21H,10H2. The molecule has 0 fully saturated rings. The van der Waals surface area contributed by atoms with Gasteiger partial charge in [-0.1, -0.05) is 36.3 Å². The molecule has 5 heteroatoms. The zero-order valence-corrected chi connectivity index (χ0v) is 14.0. The molecule has 0 bridgehead atoms. The van der Waals surface area contributed by atoms with Crippen LogP contribution < -0.4 is 0 Å². The lowest BCUT2D eigenvalue weighted by Crippen LogP contribution is -2.14. The second-order valence-corrected chi connectivity index (χ2v) is 5.92. The SMILES string of the molecule is OCc1cncc(C#CBr)c1C(c1ccccc1)C(Cl)Cl. The van der Waals surface area contributed by atoms with E-state index < -0.39 is 4.84 Å². The first-order chi connectivity index (χ1) is 10.2. The summed E-state index contributed by atoms with van der Waals surface area (Å²) in [6, 6.07) is 9.68. The first kappa shape index (κ1) is 16.3. The van der Waals surface area contributed by atoms with Crippen LogP contribution in [0.4, 0.5) is 0 Å². The molecular formula is C16H12BrCl2NO. The van der Waals surface area contributed by atoms with Crippen LogP contribution in [0.5, 0.6) is 0 Å². The Balaban J connectivity index is 2.67. The summed E-state index contributed by atoms with van der Waals surface area (Å²) in [5.74, 6) is 2.64. The number of pyridine rings is 1. The predicted octanol–water partition coefficient (Wildman–Crippen LogP) is 4.21. The van der Waals surface area contributed by atoms with Crippen LogP contribution >= 0.6 is 39.1 Å². The van der Waals surface area contributed by atoms with Crippen LogP contribution in [-0.2, 0) is 6.61 Å². The van der Waals surface area contributed by atoms with Gasteiger partial charge in [-0.3, -0.25) is 4.98 Å². The molecule has 0 aliphatic carbocycles. The Bertz CT molecular complexity index is 665. The van der Waals surface area contributed by atoms with E-state index in [0.717, 1.165) is 11.1 Å². The third-order valence-electron chi connectivity index (χ3n) is 3.14. The van der Waals surface area contributed by atoms with Gasteiger partial charge in [-0.05, 0) is 16.0 Å². The fraction of sp³-hybridized carbons (Fsp3) is 0.188. The molecule has 2 rings (SSSR count). The third kappa shape index (κ3) is 3.78. The minimum absolute atomic E-state index is 0.149. The highest BCUT2D eigenvalue weighted by Crippen LogP contribution is 2.36. The second-order valence-electron chi connectivity index (χ2n) is 4.36. The smallest absolute Gasteiger partial charge is 0.118 e. The van der Waals surface area contributed by atoms with Crippen molar-refractivity contribution in [3.8, 4) is 10.8 Å². The van der Waals surface area contributed by atoms with Crippen LogP contribution in [0.2, 0.25) is 0 Å². The van der Waals surface area contributed by atoms with Crippen molar-refractivity contribution in [1.82, 2.24) is 4.98 Å². The van der Waals surface area contributed by atoms with Crippen LogP contribution in [0.25, 0.3) is 0 Å². The van der Waals surface area contributed by atoms with Crippen LogP contribution in [0.15, 0.2) is 42.7 Å². The zero-order valence-electron chi connectivity index (χ0n) is 10.9. The second kappa shape index (κ2) is 7.82. The molecule has 0 saturated carbocycles. The van der Waals surface area contributed by atoms with Crippen LogP contribution in [0, 0.1) is 10.8 Å². The van der Waals surface area contributed by atoms with E-state index >= 15 is 0 Å². The molecule has 0 radical (unpaired) electrons. The highest BCUT2D eigenvalue weighted by Gasteiger charge is 2.26. The van der Waals surface area contributed by atoms with Crippen molar-refractivity contribution in [2.75, 3.05) is 0 Å². The van der Waals surface area contributed by atoms with E-state index in [9.17, 15) is 5.11 Å². The van der Waals surface area contributed by atoms with Gasteiger partial charge >= 0.3 is 0 Å². The molecule has 0 amide bonds. The number of rotatable bonds is 4. The number of nitrogens with zero attached hydrogens (tertiary/aromatic N) is 1. The molecule has 1 N–H and O–H groups in total. The largest absolute Gasteiger partial charge is 0.392 e. The quantitative estimate of drug-likeness (QED) is 0.632. The van der Waals surface area contributed by atoms with Crippen molar-refractivity contribution < 1.29 is 5.11 Å². The Morgan fingerprint density at radius 1 is 1.19 bits per heavy atom. The number of aliphatic hydroxyl groups is 1. The maximum atomic E-state index is 9.60. The van der Waals surface area contributed by atoms with Crippen LogP contribution in [0.1, 0.15) is 28.2 Å². The topological polar surface area (TPSA) is 33.1 Å². The lowest BCUT2D eigenvalue weighted by molar-refractivity contribution is 0.279. The zero-order chi connectivity index (χ0) is 15.2. The Hall–Kier alpha value is -1.05. The van der Waals surface area contributed by atoms with E-state index in [1.54, 1.807) is 12.4 Å². The number of aromatic nitrogens is 1. The molecule has 0 spiro atoms. The normalized spacial score (nSPS) is 11.9. The average Bonchev–Trinajstić information content (AvgIpc) is 2.50. The summed E-state index contributed by atoms with van der Waals surface area (Å²) < 4.78 is 0. The fourth-order valence-electron chi connectivity index (χ4n) is 2.26. The van der Waals surface area contributed by atoms with Crippen molar-refractivity contribution in [2.24, 2.45) is 0 Å². The van der Waals surface area contributed by atoms with Gasteiger partial charge in [-0.15, -0.1) is 23.2 Å². The van der Waals surface area contributed by atoms with Gasteiger partial charge in [0.15, 0.2) is 0 Å². The van der Waals surface area contributed by atoms with Crippen molar-refractivity contribution in [3.63, 3.8) is 0 Å². The van der Waals surface area contributed by atoms with E-state index in [0.29, 0.717) is 11.1 Å². The Morgan fingerprint density at radius 3 is 2.48 bits per heavy atom. The highest BCUT2D eigenvalue weighted by atomic mass is 79.9. The molecule has 2 aromatic rings. The van der Waals surface area contributed by atoms with Crippen LogP contribution in [-0.4, -0.2) is 14.9 Å². The summed E-state index contributed by atoms with van der Waals surface area (Å²) in [5, 5.41) is 9.60. The number of alkyl halides is 2. The van der Waals surface area contributed by atoms with Gasteiger partial charge in [0, 0.05) is 45.4 Å². The molecule has 1 aromatic heterocycles. The van der Waals surface area contributed by atoms with Crippen molar-refractivity contribution in [2.45, 2.75) is 17.4 Å². The first-order valence-electron chi connectivity index (χ1n) is 6.21. The van der Waals surface area contributed by atoms with Crippen LogP contribution in [0.3, 0.4) is 0 Å². The third-order valence-corrected chi connectivity index (χ3v) is 3.85. The minimum Gasteiger partial charge on any atom is -0.392 e. The maximum Gasteiger partial charge on any atom is 0.118 e. The van der Waals surface area contributed by atoms with Gasteiger partial charge in [0.1, 0.15) is 4.84 Å². The molecule has 1 heterocycles. The fourth-order valence-corrected chi connectivity index (χ4v) is 3.01. The first-order valence-corrected chi connectivity index (χ1v) is 7.88. The molecule has 21 heavy (non-hydrogen) atoms. The summed E-state index contributed by atoms with van der Waals surface area (Å²) in [5.41, 5.74) is 3.13. The molecule has 0 aliphatic heterocycles. The number of halogens is 3. The van der Waals surface area contributed by atoms with Gasteiger partial charge in [-0.25, -0.2) is 0 Å². The number of hydrogen-bond donors (Lipinski definition) is 1. The monoisotopic (exact) mass is 383 g/mol. The van der Waals surface area contributed by atoms with E-state index in [1.807, 2.05) is 30.3 Å². The molecule has 2 nitrogen and oxygen atoms in total. The lowest BCUT2D eigenvalue weighted by atomic mass is 9.87. The van der Waals surface area contributed by atoms with Gasteiger partial charge in [-0.2, -0.15) is 0 Å². The summed E-state index contributed by atoms with van der Waals surface area (Å²) in [6.07, 6.45) is 3.26. The van der Waals surface area contributed by atoms with E-state index in [4.69, 9.17) is 23.2 Å². The van der Waals surface area contributed by atoms with Gasteiger partial charge < -0.3 is 5.11 Å². The maximum absolute atomic E-state index is 9.60. The Kier molecular flexibility index (Phi) is 6.08. The lowest BCUT2D eigenvalue weighted by Gasteiger charge is -2.22. The minimum atomic E-state index is -0.670. The van der Waals surface area contributed by atoms with Gasteiger partial charge in [0.2, 0.25) is 0 Å². The molecule has 1 unspecified atom stereocenters. The average molecular weight is 385 g/mol. The molecule has 1 atom stereocenters. The summed E-state index contributed by atoms with van der Waals surface area (Å²) in [4.78, 5) is 6.11. The van der Waals surface area contributed by atoms with Gasteiger partial charge in [0.05, 0.1) is 6.61 Å². The predicted molar refractivity (Wildman–Crippen MR) is 89.7 cm³/mol. The van der Waals surface area contributed by atoms with Crippen molar-refractivity contribution >= 4 is 39.1 Å². The summed E-state index contributed by atoms with van der Waals surface area (Å²) in [6.45, 7) is -0.149. The van der Waals surface area contributed by atoms with Crippen molar-refractivity contribution in [1.29, 1.82) is 0 Å². The number of aliphatic hydroxyl groups excluding tert-OH is 1. The molecular weight excluding hydrogens is 373 g/mol. The highest BCUT2D eigenvalue weighted by molar-refractivity contribution is 9.12. The molecule has 108 valence electrons. The molecule has 0 saturated heterocycles. The Labute approximate surface area is 142 Å². The number of benzene rings is 1. The van der Waals surface area contributed by atoms with E-state index in [1.165, 1.54) is 0 Å². The van der Waals surface area contributed by atoms with Gasteiger partial charge in [0.25, 0.3) is 0 Å².